The first-order valence-corrected chi connectivity index (χ1v) is 9.31. The predicted molar refractivity (Wildman–Crippen MR) is 111 cm³/mol. The third-order valence-corrected chi connectivity index (χ3v) is 4.79. The number of nitrogens with one attached hydrogen (secondary N) is 2. The van der Waals surface area contributed by atoms with Crippen LogP contribution in [0.15, 0.2) is 29.4 Å². The van der Waals surface area contributed by atoms with Gasteiger partial charge in [0.25, 0.3) is 0 Å². The van der Waals surface area contributed by atoms with Crippen LogP contribution in [0, 0.1) is 13.8 Å². The molecular weight excluding hydrogens is 403 g/mol. The van der Waals surface area contributed by atoms with Crippen LogP contribution in [0.1, 0.15) is 23.4 Å². The van der Waals surface area contributed by atoms with Gasteiger partial charge >= 0.3 is 0 Å². The van der Waals surface area contributed by atoms with Crippen LogP contribution in [-0.2, 0) is 14.3 Å². The fraction of sp³-hybridized carbons (Fsp3) is 0.316. The molecule has 1 heterocycles. The van der Waals surface area contributed by atoms with Crippen LogP contribution in [0.4, 0.5) is 0 Å². The van der Waals surface area contributed by atoms with E-state index in [-0.39, 0.29) is 6.42 Å². The van der Waals surface area contributed by atoms with Crippen molar-refractivity contribution in [1.29, 1.82) is 0 Å². The number of hydrogen-bond donors (Lipinski definition) is 2. The van der Waals surface area contributed by atoms with Crippen LogP contribution >= 0.6 is 23.2 Å². The molecule has 28 heavy (non-hydrogen) atoms. The first kappa shape index (κ1) is 21.9. The number of carbonyl (C=O) groups is 2. The number of hydrogen-bond acceptors (Lipinski definition) is 4. The Morgan fingerprint density at radius 2 is 2.00 bits per heavy atom. The first-order valence-electron chi connectivity index (χ1n) is 8.56. The zero-order chi connectivity index (χ0) is 20.7. The van der Waals surface area contributed by atoms with Crippen molar-refractivity contribution < 1.29 is 14.3 Å². The third kappa shape index (κ3) is 5.58. The van der Waals surface area contributed by atoms with E-state index in [1.54, 1.807) is 6.07 Å². The summed E-state index contributed by atoms with van der Waals surface area (Å²) in [6.07, 6.45) is 1.22. The molecule has 0 spiro atoms. The summed E-state index contributed by atoms with van der Waals surface area (Å²) in [6, 6.07) is 7.35. The minimum atomic E-state index is -0.502. The molecule has 7 nitrogen and oxygen atoms in total. The molecule has 0 aliphatic carbocycles. The number of ether oxygens (including phenoxy) is 1. The molecule has 2 amide bonds. The van der Waals surface area contributed by atoms with Crippen molar-refractivity contribution in [3.8, 4) is 5.69 Å². The molecule has 1 aromatic heterocycles. The lowest BCUT2D eigenvalue weighted by Crippen LogP contribution is -2.31. The molecule has 0 unspecified atom stereocenters. The quantitative estimate of drug-likeness (QED) is 0.295. The second-order valence-corrected chi connectivity index (χ2v) is 6.83. The predicted octanol–water partition coefficient (Wildman–Crippen LogP) is 3.00. The normalized spacial score (nSPS) is 11.0. The third-order valence-electron chi connectivity index (χ3n) is 3.98. The minimum Gasteiger partial charge on any atom is -0.383 e. The summed E-state index contributed by atoms with van der Waals surface area (Å²) < 4.78 is 6.78. The van der Waals surface area contributed by atoms with Crippen molar-refractivity contribution in [2.24, 2.45) is 5.10 Å². The van der Waals surface area contributed by atoms with E-state index in [0.29, 0.717) is 23.2 Å². The van der Waals surface area contributed by atoms with E-state index in [0.717, 1.165) is 22.6 Å². The number of methoxy groups -OCH3 is 1. The number of rotatable bonds is 8. The molecule has 2 rings (SSSR count). The summed E-state index contributed by atoms with van der Waals surface area (Å²) in [5, 5.41) is 7.44. The molecule has 2 N–H and O–H groups in total. The fourth-order valence-electron chi connectivity index (χ4n) is 2.67. The van der Waals surface area contributed by atoms with E-state index in [1.807, 2.05) is 36.6 Å². The van der Waals surface area contributed by atoms with Crippen LogP contribution in [0.2, 0.25) is 10.0 Å². The second-order valence-electron chi connectivity index (χ2n) is 6.05. The zero-order valence-electron chi connectivity index (χ0n) is 15.9. The number of hydrazone groups is 1. The molecule has 2 aromatic rings. The monoisotopic (exact) mass is 424 g/mol. The molecule has 0 atom stereocenters. The van der Waals surface area contributed by atoms with Gasteiger partial charge in [-0.2, -0.15) is 5.10 Å². The summed E-state index contributed by atoms with van der Waals surface area (Å²) in [5.41, 5.74) is 5.74. The Balaban J connectivity index is 2.04. The number of aromatic nitrogens is 1. The molecule has 1 aromatic carbocycles. The van der Waals surface area contributed by atoms with E-state index < -0.39 is 11.8 Å². The lowest BCUT2D eigenvalue weighted by Gasteiger charge is -2.12. The standard InChI is InChI=1S/C19H22Cl2N4O3/c1-12-9-14(11-23-24-18(27)10-17(26)22-7-8-28-3)13(2)25(12)16-6-4-5-15(20)19(16)21/h4-6,9,11H,7-8,10H2,1-3H3,(H,22,26)(H,24,27)/b23-11+. The molecule has 0 aliphatic heterocycles. The Morgan fingerprint density at radius 3 is 2.71 bits per heavy atom. The molecule has 0 fully saturated rings. The Labute approximate surface area is 173 Å². The molecule has 9 heteroatoms. The van der Waals surface area contributed by atoms with Crippen LogP contribution in [0.25, 0.3) is 5.69 Å². The highest BCUT2D eigenvalue weighted by molar-refractivity contribution is 6.43. The molecule has 0 saturated heterocycles. The van der Waals surface area contributed by atoms with Gasteiger partial charge in [-0.25, -0.2) is 5.43 Å². The number of amides is 2. The van der Waals surface area contributed by atoms with Crippen molar-refractivity contribution in [1.82, 2.24) is 15.3 Å². The second kappa shape index (κ2) is 10.3. The van der Waals surface area contributed by atoms with Crippen molar-refractivity contribution in [2.75, 3.05) is 20.3 Å². The highest BCUT2D eigenvalue weighted by Crippen LogP contribution is 2.31. The van der Waals surface area contributed by atoms with Gasteiger partial charge < -0.3 is 14.6 Å². The van der Waals surface area contributed by atoms with Crippen LogP contribution in [-0.4, -0.2) is 42.9 Å². The SMILES string of the molecule is COCCNC(=O)CC(=O)N/N=C/c1cc(C)n(-c2cccc(Cl)c2Cl)c1C. The van der Waals surface area contributed by atoms with Crippen molar-refractivity contribution >= 4 is 41.2 Å². The summed E-state index contributed by atoms with van der Waals surface area (Å²) in [6.45, 7) is 4.59. The molecule has 150 valence electrons. The maximum absolute atomic E-state index is 11.8. The number of benzene rings is 1. The Hall–Kier alpha value is -2.35. The fourth-order valence-corrected chi connectivity index (χ4v) is 3.05. The van der Waals surface area contributed by atoms with Gasteiger partial charge in [0.1, 0.15) is 6.42 Å². The van der Waals surface area contributed by atoms with Gasteiger partial charge in [0, 0.05) is 30.6 Å². The average Bonchev–Trinajstić information content (AvgIpc) is 2.91. The lowest BCUT2D eigenvalue weighted by molar-refractivity contribution is -0.129. The maximum atomic E-state index is 11.8. The van der Waals surface area contributed by atoms with E-state index in [2.05, 4.69) is 15.8 Å². The van der Waals surface area contributed by atoms with E-state index in [9.17, 15) is 9.59 Å². The van der Waals surface area contributed by atoms with Gasteiger partial charge in [0.15, 0.2) is 0 Å². The summed E-state index contributed by atoms with van der Waals surface area (Å²) >= 11 is 12.4. The molecule has 0 radical (unpaired) electrons. The van der Waals surface area contributed by atoms with Gasteiger partial charge in [0.2, 0.25) is 11.8 Å². The molecular formula is C19H22Cl2N4O3. The number of halogens is 2. The Bertz CT molecular complexity index is 894. The Kier molecular flexibility index (Phi) is 8.04. The van der Waals surface area contributed by atoms with E-state index in [4.69, 9.17) is 27.9 Å². The van der Waals surface area contributed by atoms with Crippen molar-refractivity contribution in [3.63, 3.8) is 0 Å². The zero-order valence-corrected chi connectivity index (χ0v) is 17.4. The number of aryl methyl sites for hydroxylation is 1. The minimum absolute atomic E-state index is 0.307. The maximum Gasteiger partial charge on any atom is 0.249 e. The molecule has 0 saturated carbocycles. The van der Waals surface area contributed by atoms with Crippen LogP contribution in [0.3, 0.4) is 0 Å². The van der Waals surface area contributed by atoms with Gasteiger partial charge in [-0.05, 0) is 32.0 Å². The van der Waals surface area contributed by atoms with Gasteiger partial charge in [0.05, 0.1) is 28.6 Å². The van der Waals surface area contributed by atoms with Crippen LogP contribution in [0.5, 0.6) is 0 Å². The average molecular weight is 425 g/mol. The Morgan fingerprint density at radius 1 is 1.25 bits per heavy atom. The highest BCUT2D eigenvalue weighted by atomic mass is 35.5. The lowest BCUT2D eigenvalue weighted by atomic mass is 10.2. The van der Waals surface area contributed by atoms with Gasteiger partial charge in [-0.1, -0.05) is 29.3 Å². The highest BCUT2D eigenvalue weighted by Gasteiger charge is 2.14. The van der Waals surface area contributed by atoms with E-state index >= 15 is 0 Å². The van der Waals surface area contributed by atoms with Crippen LogP contribution < -0.4 is 10.7 Å². The van der Waals surface area contributed by atoms with Gasteiger partial charge in [-0.15, -0.1) is 0 Å². The smallest absolute Gasteiger partial charge is 0.249 e. The van der Waals surface area contributed by atoms with Crippen molar-refractivity contribution in [2.45, 2.75) is 20.3 Å². The summed E-state index contributed by atoms with van der Waals surface area (Å²) in [7, 11) is 1.53. The number of carbonyl (C=O) groups excluding carboxylic acids is 2. The van der Waals surface area contributed by atoms with Crippen molar-refractivity contribution in [3.05, 3.63) is 51.3 Å². The largest absolute Gasteiger partial charge is 0.383 e. The number of nitrogens with zero attached hydrogens (tertiary/aromatic N) is 2. The van der Waals surface area contributed by atoms with Gasteiger partial charge in [-0.3, -0.25) is 9.59 Å². The molecule has 0 aliphatic rings. The van der Waals surface area contributed by atoms with E-state index in [1.165, 1.54) is 13.3 Å². The summed E-state index contributed by atoms with van der Waals surface area (Å²) in [4.78, 5) is 23.4. The summed E-state index contributed by atoms with van der Waals surface area (Å²) in [5.74, 6) is -0.892. The topological polar surface area (TPSA) is 84.7 Å². The molecule has 0 bridgehead atoms. The first-order chi connectivity index (χ1) is 13.3.